The predicted molar refractivity (Wildman–Crippen MR) is 83.6 cm³/mol. The maximum Gasteiger partial charge on any atom is 0.234 e. The monoisotopic (exact) mass is 285 g/mol. The van der Waals surface area contributed by atoms with Crippen molar-refractivity contribution in [1.82, 2.24) is 0 Å². The third-order valence-electron chi connectivity index (χ3n) is 5.02. The first-order valence-electron chi connectivity index (χ1n) is 8.00. The molecular formula is C18H23NO2. The van der Waals surface area contributed by atoms with Crippen molar-refractivity contribution in [3.63, 3.8) is 0 Å². The van der Waals surface area contributed by atoms with Gasteiger partial charge in [-0.2, -0.15) is 0 Å². The number of carbonyl (C=O) groups excluding carboxylic acids is 2. The van der Waals surface area contributed by atoms with E-state index in [1.807, 2.05) is 32.0 Å². The molecule has 0 radical (unpaired) electrons. The normalized spacial score (nSPS) is 21.5. The Balaban J connectivity index is 1.89. The molecule has 3 rings (SSSR count). The van der Waals surface area contributed by atoms with Gasteiger partial charge < -0.3 is 5.32 Å². The lowest BCUT2D eigenvalue weighted by atomic mass is 9.83. The molecule has 112 valence electrons. The Morgan fingerprint density at radius 3 is 2.48 bits per heavy atom. The van der Waals surface area contributed by atoms with Crippen molar-refractivity contribution in [2.75, 3.05) is 5.32 Å². The topological polar surface area (TPSA) is 46.2 Å². The zero-order chi connectivity index (χ0) is 15.0. The number of amides is 1. The Morgan fingerprint density at radius 2 is 1.81 bits per heavy atom. The van der Waals surface area contributed by atoms with Crippen molar-refractivity contribution in [2.24, 2.45) is 5.92 Å². The van der Waals surface area contributed by atoms with E-state index >= 15 is 0 Å². The number of hydrogen-bond donors (Lipinski definition) is 1. The summed E-state index contributed by atoms with van der Waals surface area (Å²) < 4.78 is 0. The van der Waals surface area contributed by atoms with Crippen LogP contribution in [0.1, 0.15) is 68.3 Å². The molecule has 1 fully saturated rings. The van der Waals surface area contributed by atoms with E-state index < -0.39 is 5.41 Å². The SMILES string of the molecule is CC1(C)C(=O)Nc2ccc(C(=O)C3CCCCCC3)cc21. The molecule has 1 N–H and O–H groups in total. The number of hydrogen-bond acceptors (Lipinski definition) is 2. The van der Waals surface area contributed by atoms with Gasteiger partial charge in [-0.15, -0.1) is 0 Å². The number of benzene rings is 1. The summed E-state index contributed by atoms with van der Waals surface area (Å²) >= 11 is 0. The van der Waals surface area contributed by atoms with Gasteiger partial charge in [-0.3, -0.25) is 9.59 Å². The summed E-state index contributed by atoms with van der Waals surface area (Å²) in [6, 6.07) is 5.68. The molecule has 2 aliphatic rings. The van der Waals surface area contributed by atoms with Crippen LogP contribution in [0, 0.1) is 5.92 Å². The number of carbonyl (C=O) groups is 2. The van der Waals surface area contributed by atoms with Crippen LogP contribution >= 0.6 is 0 Å². The summed E-state index contributed by atoms with van der Waals surface area (Å²) in [4.78, 5) is 24.7. The van der Waals surface area contributed by atoms with Gasteiger partial charge in [0.15, 0.2) is 5.78 Å². The highest BCUT2D eigenvalue weighted by atomic mass is 16.2. The number of Topliss-reactive ketones (excluding diaryl/α,β-unsaturated/α-hetero) is 1. The lowest BCUT2D eigenvalue weighted by Gasteiger charge is -2.17. The molecule has 3 heteroatoms. The number of anilines is 1. The number of ketones is 1. The van der Waals surface area contributed by atoms with Crippen molar-refractivity contribution in [1.29, 1.82) is 0 Å². The first-order valence-corrected chi connectivity index (χ1v) is 8.00. The van der Waals surface area contributed by atoms with E-state index in [1.54, 1.807) is 0 Å². The highest BCUT2D eigenvalue weighted by molar-refractivity contribution is 6.07. The molecule has 1 amide bonds. The summed E-state index contributed by atoms with van der Waals surface area (Å²) in [6.45, 7) is 3.82. The van der Waals surface area contributed by atoms with Crippen LogP contribution in [-0.2, 0) is 10.2 Å². The zero-order valence-electron chi connectivity index (χ0n) is 12.9. The Morgan fingerprint density at radius 1 is 1.14 bits per heavy atom. The molecule has 0 aromatic heterocycles. The molecular weight excluding hydrogens is 262 g/mol. The van der Waals surface area contributed by atoms with Gasteiger partial charge in [0.2, 0.25) is 5.91 Å². The highest BCUT2D eigenvalue weighted by Gasteiger charge is 2.38. The molecule has 1 heterocycles. The van der Waals surface area contributed by atoms with Crippen molar-refractivity contribution < 1.29 is 9.59 Å². The van der Waals surface area contributed by atoms with E-state index in [0.717, 1.165) is 42.5 Å². The van der Waals surface area contributed by atoms with E-state index in [9.17, 15) is 9.59 Å². The van der Waals surface area contributed by atoms with E-state index in [4.69, 9.17) is 0 Å². The molecule has 1 aromatic carbocycles. The van der Waals surface area contributed by atoms with Crippen molar-refractivity contribution in [3.05, 3.63) is 29.3 Å². The number of nitrogens with one attached hydrogen (secondary N) is 1. The van der Waals surface area contributed by atoms with Crippen LogP contribution in [0.4, 0.5) is 5.69 Å². The van der Waals surface area contributed by atoms with Gasteiger partial charge in [0.25, 0.3) is 0 Å². The van der Waals surface area contributed by atoms with Gasteiger partial charge in [-0.1, -0.05) is 25.7 Å². The molecule has 1 saturated carbocycles. The molecule has 0 atom stereocenters. The molecule has 0 unspecified atom stereocenters. The molecule has 1 aliphatic carbocycles. The maximum absolute atomic E-state index is 12.7. The Labute approximate surface area is 126 Å². The van der Waals surface area contributed by atoms with Crippen LogP contribution in [0.25, 0.3) is 0 Å². The largest absolute Gasteiger partial charge is 0.325 e. The maximum atomic E-state index is 12.7. The Kier molecular flexibility index (Phi) is 3.60. The van der Waals surface area contributed by atoms with Gasteiger partial charge >= 0.3 is 0 Å². The highest BCUT2D eigenvalue weighted by Crippen LogP contribution is 2.38. The second-order valence-corrected chi connectivity index (χ2v) is 6.89. The van der Waals surface area contributed by atoms with Gasteiger partial charge in [0.1, 0.15) is 0 Å². The molecule has 0 saturated heterocycles. The average molecular weight is 285 g/mol. The summed E-state index contributed by atoms with van der Waals surface area (Å²) in [7, 11) is 0. The predicted octanol–water partition coefficient (Wildman–Crippen LogP) is 4.07. The minimum absolute atomic E-state index is 0.0107. The van der Waals surface area contributed by atoms with Crippen molar-refractivity contribution >= 4 is 17.4 Å². The van der Waals surface area contributed by atoms with Crippen LogP contribution in [0.5, 0.6) is 0 Å². The second-order valence-electron chi connectivity index (χ2n) is 6.89. The van der Waals surface area contributed by atoms with Gasteiger partial charge in [0, 0.05) is 17.2 Å². The smallest absolute Gasteiger partial charge is 0.234 e. The van der Waals surface area contributed by atoms with E-state index in [1.165, 1.54) is 12.8 Å². The molecule has 0 bridgehead atoms. The molecule has 1 aliphatic heterocycles. The molecule has 1 aromatic rings. The first kappa shape index (κ1) is 14.3. The van der Waals surface area contributed by atoms with E-state index in [2.05, 4.69) is 5.32 Å². The molecule has 21 heavy (non-hydrogen) atoms. The molecule has 0 spiro atoms. The van der Waals surface area contributed by atoms with Gasteiger partial charge in [-0.25, -0.2) is 0 Å². The van der Waals surface area contributed by atoms with Crippen LogP contribution in [0.2, 0.25) is 0 Å². The Hall–Kier alpha value is -1.64. The fourth-order valence-corrected chi connectivity index (χ4v) is 3.50. The molecule has 3 nitrogen and oxygen atoms in total. The average Bonchev–Trinajstić information content (AvgIpc) is 2.68. The summed E-state index contributed by atoms with van der Waals surface area (Å²) in [6.07, 6.45) is 6.84. The van der Waals surface area contributed by atoms with Gasteiger partial charge in [0.05, 0.1) is 5.41 Å². The lowest BCUT2D eigenvalue weighted by molar-refractivity contribution is -0.119. The van der Waals surface area contributed by atoms with Crippen molar-refractivity contribution in [3.8, 4) is 0 Å². The van der Waals surface area contributed by atoms with Crippen LogP contribution in [0.15, 0.2) is 18.2 Å². The third kappa shape index (κ3) is 2.50. The summed E-state index contributed by atoms with van der Waals surface area (Å²) in [5.74, 6) is 0.435. The first-order chi connectivity index (χ1) is 10.00. The Bertz CT molecular complexity index is 581. The van der Waals surface area contributed by atoms with E-state index in [0.29, 0.717) is 0 Å². The zero-order valence-corrected chi connectivity index (χ0v) is 12.9. The quantitative estimate of drug-likeness (QED) is 0.657. The standard InChI is InChI=1S/C18H23NO2/c1-18(2)14-11-13(9-10-15(14)19-17(18)21)16(20)12-7-5-3-4-6-8-12/h9-12H,3-8H2,1-2H3,(H,19,21). The van der Waals surface area contributed by atoms with Crippen LogP contribution < -0.4 is 5.32 Å². The fourth-order valence-electron chi connectivity index (χ4n) is 3.50. The number of fused-ring (bicyclic) bond motifs is 1. The van der Waals surface area contributed by atoms with Crippen LogP contribution in [-0.4, -0.2) is 11.7 Å². The minimum Gasteiger partial charge on any atom is -0.325 e. The summed E-state index contributed by atoms with van der Waals surface area (Å²) in [5, 5.41) is 2.89. The number of rotatable bonds is 2. The van der Waals surface area contributed by atoms with Crippen molar-refractivity contribution in [2.45, 2.75) is 57.8 Å². The summed E-state index contributed by atoms with van der Waals surface area (Å²) in [5.41, 5.74) is 2.02. The van der Waals surface area contributed by atoms with E-state index in [-0.39, 0.29) is 17.6 Å². The second kappa shape index (κ2) is 5.28. The lowest BCUT2D eigenvalue weighted by Crippen LogP contribution is -2.27. The third-order valence-corrected chi connectivity index (χ3v) is 5.02. The van der Waals surface area contributed by atoms with Gasteiger partial charge in [-0.05, 0) is 50.5 Å². The fraction of sp³-hybridized carbons (Fsp3) is 0.556. The minimum atomic E-state index is -0.547. The van der Waals surface area contributed by atoms with Crippen LogP contribution in [0.3, 0.4) is 0 Å².